The van der Waals surface area contributed by atoms with Gasteiger partial charge in [0.15, 0.2) is 0 Å². The van der Waals surface area contributed by atoms with Gasteiger partial charge in [-0.1, -0.05) is 12.1 Å². The van der Waals surface area contributed by atoms with Crippen molar-refractivity contribution in [1.29, 1.82) is 0 Å². The minimum atomic E-state index is -3.38. The van der Waals surface area contributed by atoms with Crippen LogP contribution in [0.25, 0.3) is 0 Å². The molecule has 0 unspecified atom stereocenters. The number of hydrogen-bond acceptors (Lipinski definition) is 4. The second kappa shape index (κ2) is 7.57. The topological polar surface area (TPSA) is 66.9 Å². The Morgan fingerprint density at radius 3 is 2.32 bits per heavy atom. The maximum atomic E-state index is 12.8. The lowest BCUT2D eigenvalue weighted by Gasteiger charge is -2.21. The molecule has 6 nitrogen and oxygen atoms in total. The van der Waals surface area contributed by atoms with E-state index in [1.54, 1.807) is 69.6 Å². The number of nitrogens with zero attached hydrogens (tertiary/aromatic N) is 2. The van der Waals surface area contributed by atoms with E-state index >= 15 is 0 Å². The highest BCUT2D eigenvalue weighted by molar-refractivity contribution is 7.92. The van der Waals surface area contributed by atoms with Crippen LogP contribution in [0.5, 0.6) is 5.75 Å². The van der Waals surface area contributed by atoms with Crippen molar-refractivity contribution >= 4 is 27.3 Å². The van der Waals surface area contributed by atoms with Crippen LogP contribution >= 0.6 is 0 Å². The van der Waals surface area contributed by atoms with Crippen LogP contribution in [0, 0.1) is 0 Å². The Labute approximate surface area is 148 Å². The van der Waals surface area contributed by atoms with E-state index in [9.17, 15) is 13.2 Å². The molecule has 2 rings (SSSR count). The van der Waals surface area contributed by atoms with Crippen molar-refractivity contribution in [3.8, 4) is 5.75 Å². The second-order valence-corrected chi connectivity index (χ2v) is 7.77. The number of methoxy groups -OCH3 is 1. The number of sulfonamides is 1. The molecule has 0 N–H and O–H groups in total. The molecule has 7 heteroatoms. The van der Waals surface area contributed by atoms with Crippen molar-refractivity contribution < 1.29 is 17.9 Å². The Bertz CT molecular complexity index is 865. The summed E-state index contributed by atoms with van der Waals surface area (Å²) in [6, 6.07) is 13.7. The monoisotopic (exact) mass is 362 g/mol. The average molecular weight is 362 g/mol. The van der Waals surface area contributed by atoms with Gasteiger partial charge in [-0.2, -0.15) is 0 Å². The molecule has 0 spiro atoms. The maximum Gasteiger partial charge on any atom is 0.258 e. The van der Waals surface area contributed by atoms with Crippen LogP contribution in [0.3, 0.4) is 0 Å². The molecule has 0 fully saturated rings. The number of amides is 1. The van der Waals surface area contributed by atoms with Gasteiger partial charge in [0, 0.05) is 31.4 Å². The van der Waals surface area contributed by atoms with Crippen LogP contribution in [0.15, 0.2) is 48.5 Å². The molecule has 0 radical (unpaired) electrons. The van der Waals surface area contributed by atoms with Crippen molar-refractivity contribution in [1.82, 2.24) is 0 Å². The molecule has 25 heavy (non-hydrogen) atoms. The Morgan fingerprint density at radius 1 is 1.04 bits per heavy atom. The first-order chi connectivity index (χ1) is 11.8. The van der Waals surface area contributed by atoms with Gasteiger partial charge in [0.2, 0.25) is 10.0 Å². The van der Waals surface area contributed by atoms with Gasteiger partial charge < -0.3 is 9.64 Å². The lowest BCUT2D eigenvalue weighted by molar-refractivity contribution is 0.0993. The summed E-state index contributed by atoms with van der Waals surface area (Å²) in [6.45, 7) is 1.58. The Morgan fingerprint density at radius 2 is 1.68 bits per heavy atom. The summed E-state index contributed by atoms with van der Waals surface area (Å²) in [6.07, 6.45) is 0. The minimum Gasteiger partial charge on any atom is -0.497 e. The second-order valence-electron chi connectivity index (χ2n) is 5.48. The summed E-state index contributed by atoms with van der Waals surface area (Å²) in [5.74, 6) is 0.405. The van der Waals surface area contributed by atoms with E-state index in [-0.39, 0.29) is 11.7 Å². The van der Waals surface area contributed by atoms with Crippen LogP contribution in [0.1, 0.15) is 17.3 Å². The molecule has 2 aromatic carbocycles. The highest BCUT2D eigenvalue weighted by Crippen LogP contribution is 2.23. The summed E-state index contributed by atoms with van der Waals surface area (Å²) in [4.78, 5) is 14.3. The van der Waals surface area contributed by atoms with E-state index in [2.05, 4.69) is 0 Å². The SMILES string of the molecule is CCS(=O)(=O)N(C)c1cccc(C(=O)N(C)c2cccc(OC)c2)c1. The van der Waals surface area contributed by atoms with E-state index in [0.717, 1.165) is 0 Å². The van der Waals surface area contributed by atoms with Gasteiger partial charge in [0.05, 0.1) is 18.6 Å². The van der Waals surface area contributed by atoms with E-state index < -0.39 is 10.0 Å². The van der Waals surface area contributed by atoms with Crippen LogP contribution in [-0.2, 0) is 10.0 Å². The summed E-state index contributed by atoms with van der Waals surface area (Å²) in [5, 5.41) is 0. The minimum absolute atomic E-state index is 0.00854. The van der Waals surface area contributed by atoms with Gasteiger partial charge in [0.25, 0.3) is 5.91 Å². The fourth-order valence-corrected chi connectivity index (χ4v) is 3.14. The van der Waals surface area contributed by atoms with Crippen LogP contribution in [-0.4, -0.2) is 41.3 Å². The van der Waals surface area contributed by atoms with E-state index in [0.29, 0.717) is 22.7 Å². The summed E-state index contributed by atoms with van der Waals surface area (Å²) in [5.41, 5.74) is 1.54. The Balaban J connectivity index is 2.32. The number of anilines is 2. The lowest BCUT2D eigenvalue weighted by Crippen LogP contribution is -2.29. The maximum absolute atomic E-state index is 12.8. The quantitative estimate of drug-likeness (QED) is 0.792. The first-order valence-corrected chi connectivity index (χ1v) is 9.40. The number of rotatable bonds is 6. The molecule has 0 aliphatic heterocycles. The first kappa shape index (κ1) is 18.8. The van der Waals surface area contributed by atoms with Crippen molar-refractivity contribution in [3.63, 3.8) is 0 Å². The van der Waals surface area contributed by atoms with Gasteiger partial charge in [-0.25, -0.2) is 8.42 Å². The molecule has 0 aliphatic rings. The van der Waals surface area contributed by atoms with Crippen molar-refractivity contribution in [2.75, 3.05) is 36.2 Å². The van der Waals surface area contributed by atoms with Gasteiger partial charge in [-0.3, -0.25) is 9.10 Å². The Kier molecular flexibility index (Phi) is 5.69. The molecule has 0 saturated carbocycles. The summed E-state index contributed by atoms with van der Waals surface area (Å²) < 4.78 is 30.4. The molecule has 0 atom stereocenters. The molecule has 0 saturated heterocycles. The largest absolute Gasteiger partial charge is 0.497 e. The highest BCUT2D eigenvalue weighted by atomic mass is 32.2. The molecular weight excluding hydrogens is 340 g/mol. The van der Waals surface area contributed by atoms with Crippen molar-refractivity contribution in [2.24, 2.45) is 0 Å². The van der Waals surface area contributed by atoms with E-state index in [4.69, 9.17) is 4.74 Å². The number of carbonyl (C=O) groups is 1. The number of benzene rings is 2. The fourth-order valence-electron chi connectivity index (χ4n) is 2.32. The van der Waals surface area contributed by atoms with Crippen molar-refractivity contribution in [2.45, 2.75) is 6.92 Å². The van der Waals surface area contributed by atoms with Gasteiger partial charge in [-0.15, -0.1) is 0 Å². The van der Waals surface area contributed by atoms with Crippen LogP contribution in [0.2, 0.25) is 0 Å². The number of carbonyl (C=O) groups excluding carboxylic acids is 1. The summed E-state index contributed by atoms with van der Waals surface area (Å²) >= 11 is 0. The predicted molar refractivity (Wildman–Crippen MR) is 100 cm³/mol. The van der Waals surface area contributed by atoms with E-state index in [1.165, 1.54) is 16.3 Å². The predicted octanol–water partition coefficient (Wildman–Crippen LogP) is 2.76. The average Bonchev–Trinajstić information content (AvgIpc) is 2.66. The number of ether oxygens (including phenoxy) is 1. The highest BCUT2D eigenvalue weighted by Gasteiger charge is 2.19. The van der Waals surface area contributed by atoms with Crippen molar-refractivity contribution in [3.05, 3.63) is 54.1 Å². The molecule has 0 aromatic heterocycles. The third-order valence-electron chi connectivity index (χ3n) is 3.98. The molecule has 2 aromatic rings. The standard InChI is InChI=1S/C18H22N2O4S/c1-5-25(22,23)20(3)16-10-6-8-14(12-16)18(21)19(2)15-9-7-11-17(13-15)24-4/h6-13H,5H2,1-4H3. The zero-order chi connectivity index (χ0) is 18.6. The molecular formula is C18H22N2O4S. The van der Waals surface area contributed by atoms with Gasteiger partial charge >= 0.3 is 0 Å². The smallest absolute Gasteiger partial charge is 0.258 e. The van der Waals surface area contributed by atoms with Crippen LogP contribution < -0.4 is 13.9 Å². The molecule has 1 amide bonds. The van der Waals surface area contributed by atoms with Crippen LogP contribution in [0.4, 0.5) is 11.4 Å². The molecule has 0 aliphatic carbocycles. The fraction of sp³-hybridized carbons (Fsp3) is 0.278. The molecule has 0 bridgehead atoms. The third-order valence-corrected chi connectivity index (χ3v) is 5.76. The zero-order valence-corrected chi connectivity index (χ0v) is 15.6. The molecule has 134 valence electrons. The molecule has 0 heterocycles. The van der Waals surface area contributed by atoms with Gasteiger partial charge in [-0.05, 0) is 37.3 Å². The van der Waals surface area contributed by atoms with E-state index in [1.807, 2.05) is 0 Å². The number of hydrogen-bond donors (Lipinski definition) is 0. The lowest BCUT2D eigenvalue weighted by atomic mass is 10.1. The van der Waals surface area contributed by atoms with Gasteiger partial charge in [0.1, 0.15) is 5.75 Å². The zero-order valence-electron chi connectivity index (χ0n) is 14.8. The third kappa shape index (κ3) is 4.11. The Hall–Kier alpha value is -2.54. The summed E-state index contributed by atoms with van der Waals surface area (Å²) in [7, 11) is 1.32. The normalized spacial score (nSPS) is 11.0. The first-order valence-electron chi connectivity index (χ1n) is 7.79.